The van der Waals surface area contributed by atoms with Crippen molar-refractivity contribution in [3.8, 4) is 6.19 Å². The molecule has 1 aliphatic rings. The van der Waals surface area contributed by atoms with E-state index in [0.717, 1.165) is 0 Å². The Kier molecular flexibility index (Phi) is 5.62. The molecule has 0 radical (unpaired) electrons. The molecule has 48 valence electrons. The zero-order chi connectivity index (χ0) is 6.69. The SMILES string of the molecule is N#C/N=C1\NC(=O)CS1.[KH]. The number of hydrogen-bond donors (Lipinski definition) is 1. The normalized spacial score (nSPS) is 19.5. The number of nitriles is 1. The predicted octanol–water partition coefficient (Wildman–Crippen LogP) is -0.962. The Morgan fingerprint density at radius 3 is 2.90 bits per heavy atom. The molecule has 0 atom stereocenters. The van der Waals surface area contributed by atoms with Crippen molar-refractivity contribution in [2.75, 3.05) is 5.75 Å². The molecule has 0 aromatic carbocycles. The first kappa shape index (κ1) is 10.6. The van der Waals surface area contributed by atoms with Crippen LogP contribution in [0.1, 0.15) is 0 Å². The summed E-state index contributed by atoms with van der Waals surface area (Å²) in [6.45, 7) is 0. The topological polar surface area (TPSA) is 65.2 Å². The van der Waals surface area contributed by atoms with Gasteiger partial charge in [0.05, 0.1) is 5.75 Å². The molecule has 6 heteroatoms. The van der Waals surface area contributed by atoms with Crippen LogP contribution in [0.5, 0.6) is 0 Å². The molecule has 0 bridgehead atoms. The zero-order valence-electron chi connectivity index (χ0n) is 4.42. The van der Waals surface area contributed by atoms with Gasteiger partial charge < -0.3 is 5.32 Å². The minimum atomic E-state index is -0.0889. The fourth-order valence-corrected chi connectivity index (χ4v) is 1.06. The summed E-state index contributed by atoms with van der Waals surface area (Å²) in [6, 6.07) is 0. The molecule has 0 aromatic rings. The monoisotopic (exact) mass is 181 g/mol. The molecule has 1 amide bonds. The molecular formula is C4H4KN3OS. The summed E-state index contributed by atoms with van der Waals surface area (Å²) in [7, 11) is 0. The molecule has 1 aliphatic heterocycles. The number of rotatable bonds is 0. The van der Waals surface area contributed by atoms with Crippen LogP contribution >= 0.6 is 11.8 Å². The average Bonchev–Trinajstić information content (AvgIpc) is 2.17. The number of carbonyl (C=O) groups is 1. The first-order chi connectivity index (χ1) is 4.33. The molecule has 1 rings (SSSR count). The Morgan fingerprint density at radius 2 is 2.50 bits per heavy atom. The number of amides is 1. The van der Waals surface area contributed by atoms with Crippen molar-refractivity contribution in [3.05, 3.63) is 0 Å². The molecule has 1 saturated heterocycles. The first-order valence-corrected chi connectivity index (χ1v) is 3.21. The molecule has 0 saturated carbocycles. The second-order valence-electron chi connectivity index (χ2n) is 1.35. The fourth-order valence-electron chi connectivity index (χ4n) is 0.431. The van der Waals surface area contributed by atoms with Crippen molar-refractivity contribution >= 4 is 74.2 Å². The van der Waals surface area contributed by atoms with E-state index in [4.69, 9.17) is 5.26 Å². The van der Waals surface area contributed by atoms with E-state index >= 15 is 0 Å². The summed E-state index contributed by atoms with van der Waals surface area (Å²) < 4.78 is 0. The van der Waals surface area contributed by atoms with E-state index in [0.29, 0.717) is 10.9 Å². The van der Waals surface area contributed by atoms with Crippen LogP contribution < -0.4 is 5.32 Å². The third-order valence-corrected chi connectivity index (χ3v) is 1.61. The maximum absolute atomic E-state index is 10.4. The van der Waals surface area contributed by atoms with Gasteiger partial charge in [-0.25, -0.2) is 0 Å². The number of hydrogen-bond acceptors (Lipinski definition) is 4. The van der Waals surface area contributed by atoms with Crippen LogP contribution in [0, 0.1) is 11.5 Å². The van der Waals surface area contributed by atoms with Gasteiger partial charge in [-0.05, 0) is 0 Å². The maximum atomic E-state index is 10.4. The summed E-state index contributed by atoms with van der Waals surface area (Å²) in [6.07, 6.45) is 1.58. The van der Waals surface area contributed by atoms with Gasteiger partial charge in [0.15, 0.2) is 5.17 Å². The number of carbonyl (C=O) groups excluding carboxylic acids is 1. The van der Waals surface area contributed by atoms with E-state index in [1.54, 1.807) is 6.19 Å². The summed E-state index contributed by atoms with van der Waals surface area (Å²) in [4.78, 5) is 13.7. The average molecular weight is 181 g/mol. The van der Waals surface area contributed by atoms with Gasteiger partial charge in [0, 0.05) is 0 Å². The Morgan fingerprint density at radius 1 is 1.80 bits per heavy atom. The van der Waals surface area contributed by atoms with Crippen molar-refractivity contribution < 1.29 is 4.79 Å². The molecule has 0 aliphatic carbocycles. The molecule has 1 fully saturated rings. The van der Waals surface area contributed by atoms with Crippen molar-refractivity contribution in [1.82, 2.24) is 5.32 Å². The van der Waals surface area contributed by atoms with Gasteiger partial charge >= 0.3 is 51.4 Å². The molecule has 0 spiro atoms. The van der Waals surface area contributed by atoms with Crippen molar-refractivity contribution in [2.45, 2.75) is 0 Å². The van der Waals surface area contributed by atoms with E-state index in [2.05, 4.69) is 10.3 Å². The van der Waals surface area contributed by atoms with Crippen molar-refractivity contribution in [3.63, 3.8) is 0 Å². The second kappa shape index (κ2) is 5.29. The summed E-state index contributed by atoms with van der Waals surface area (Å²) in [5.41, 5.74) is 0. The first-order valence-electron chi connectivity index (χ1n) is 2.22. The third kappa shape index (κ3) is 3.14. The van der Waals surface area contributed by atoms with Gasteiger partial charge in [0.2, 0.25) is 12.1 Å². The number of amidine groups is 1. The van der Waals surface area contributed by atoms with Crippen LogP contribution in [0.15, 0.2) is 4.99 Å². The fraction of sp³-hybridized carbons (Fsp3) is 0.250. The van der Waals surface area contributed by atoms with E-state index in [9.17, 15) is 4.79 Å². The number of nitrogens with zero attached hydrogens (tertiary/aromatic N) is 2. The van der Waals surface area contributed by atoms with Gasteiger partial charge in [-0.3, -0.25) is 4.79 Å². The van der Waals surface area contributed by atoms with Crippen molar-refractivity contribution in [1.29, 1.82) is 5.26 Å². The number of thioether (sulfide) groups is 1. The number of aliphatic imine (C=N–C) groups is 1. The molecule has 0 aromatic heterocycles. The van der Waals surface area contributed by atoms with Gasteiger partial charge in [0.1, 0.15) is 0 Å². The Hall–Kier alpha value is 0.616. The van der Waals surface area contributed by atoms with Gasteiger partial charge in [-0.2, -0.15) is 5.26 Å². The predicted molar refractivity (Wildman–Crippen MR) is 40.8 cm³/mol. The van der Waals surface area contributed by atoms with Crippen LogP contribution in [-0.2, 0) is 4.79 Å². The van der Waals surface area contributed by atoms with E-state index in [1.165, 1.54) is 11.8 Å². The van der Waals surface area contributed by atoms with Gasteiger partial charge in [-0.15, -0.1) is 4.99 Å². The number of nitrogens with one attached hydrogen (secondary N) is 1. The molecule has 10 heavy (non-hydrogen) atoms. The Bertz CT molecular complexity index is 209. The van der Waals surface area contributed by atoms with E-state index < -0.39 is 0 Å². The second-order valence-corrected chi connectivity index (χ2v) is 2.32. The van der Waals surface area contributed by atoms with Crippen LogP contribution in [0.2, 0.25) is 0 Å². The van der Waals surface area contributed by atoms with Crippen LogP contribution in [-0.4, -0.2) is 68.2 Å². The van der Waals surface area contributed by atoms with Crippen molar-refractivity contribution in [2.24, 2.45) is 4.99 Å². The minimum absolute atomic E-state index is 0. The Labute approximate surface area is 105 Å². The van der Waals surface area contributed by atoms with Crippen LogP contribution in [0.25, 0.3) is 0 Å². The molecule has 0 unspecified atom stereocenters. The summed E-state index contributed by atoms with van der Waals surface area (Å²) in [5.74, 6) is 0.287. The molecule has 1 heterocycles. The molecule has 4 nitrogen and oxygen atoms in total. The van der Waals surface area contributed by atoms with Crippen LogP contribution in [0.3, 0.4) is 0 Å². The summed E-state index contributed by atoms with van der Waals surface area (Å²) >= 11 is 1.24. The van der Waals surface area contributed by atoms with E-state index in [1.807, 2.05) is 0 Å². The Balaban J connectivity index is 0.000000810. The van der Waals surface area contributed by atoms with Gasteiger partial charge in [0.25, 0.3) is 0 Å². The van der Waals surface area contributed by atoms with E-state index in [-0.39, 0.29) is 57.3 Å². The molecular weight excluding hydrogens is 177 g/mol. The quantitative estimate of drug-likeness (QED) is 0.386. The summed E-state index contributed by atoms with van der Waals surface area (Å²) in [5, 5.41) is 10.8. The molecule has 1 N–H and O–H groups in total. The van der Waals surface area contributed by atoms with Crippen LogP contribution in [0.4, 0.5) is 0 Å². The zero-order valence-corrected chi connectivity index (χ0v) is 5.23. The van der Waals surface area contributed by atoms with Gasteiger partial charge in [-0.1, -0.05) is 11.8 Å². The third-order valence-electron chi connectivity index (χ3n) is 0.738. The standard InChI is InChI=1S/C4H3N3OS.K.H/c5-2-6-4-7-3(8)1-9-4;;/h1H2,(H,6,7,8);;.